The Hall–Kier alpha value is -0.830. The minimum absolute atomic E-state index is 0.167. The van der Waals surface area contributed by atoms with Crippen LogP contribution >= 0.6 is 0 Å². The van der Waals surface area contributed by atoms with Gasteiger partial charge in [-0.3, -0.25) is 4.79 Å². The highest BCUT2D eigenvalue weighted by atomic mass is 16.3. The van der Waals surface area contributed by atoms with Gasteiger partial charge in [0.15, 0.2) is 0 Å². The normalized spacial score (nSPS) is 7.56. The summed E-state index contributed by atoms with van der Waals surface area (Å²) < 4.78 is 0. The smallest absolute Gasteiger partial charge is 0.240 e. The molecular formula is C6H13NO2. The molecule has 0 saturated heterocycles. The van der Waals surface area contributed by atoms with Crippen LogP contribution in [0.4, 0.5) is 0 Å². The first kappa shape index (κ1) is 11.0. The molecule has 3 nitrogen and oxygen atoms in total. The molecule has 0 aliphatic carbocycles. The van der Waals surface area contributed by atoms with E-state index in [4.69, 9.17) is 5.11 Å². The molecule has 0 spiro atoms. The Morgan fingerprint density at radius 2 is 1.89 bits per heavy atom. The molecule has 0 atom stereocenters. The van der Waals surface area contributed by atoms with Gasteiger partial charge in [0.1, 0.15) is 0 Å². The fourth-order valence-electron chi connectivity index (χ4n) is 0. The van der Waals surface area contributed by atoms with Crippen LogP contribution in [0.25, 0.3) is 0 Å². The average Bonchev–Trinajstić information content (AvgIpc) is 1.65. The van der Waals surface area contributed by atoms with Crippen molar-refractivity contribution in [3.8, 4) is 0 Å². The van der Waals surface area contributed by atoms with Crippen LogP contribution < -0.4 is 5.73 Å². The van der Waals surface area contributed by atoms with E-state index in [9.17, 15) is 4.79 Å². The second-order valence-corrected chi connectivity index (χ2v) is 1.70. The topological polar surface area (TPSA) is 63.3 Å². The van der Waals surface area contributed by atoms with Crippen molar-refractivity contribution in [2.24, 2.45) is 5.73 Å². The minimum atomic E-state index is -0.481. The molecule has 3 heteroatoms. The second-order valence-electron chi connectivity index (χ2n) is 1.70. The molecule has 0 bridgehead atoms. The van der Waals surface area contributed by atoms with Crippen LogP contribution in [0.15, 0.2) is 12.7 Å². The molecule has 0 aromatic carbocycles. The zero-order chi connectivity index (χ0) is 7.86. The Kier molecular flexibility index (Phi) is 8.79. The highest BCUT2D eigenvalue weighted by molar-refractivity contribution is 5.84. The van der Waals surface area contributed by atoms with E-state index < -0.39 is 5.91 Å². The van der Waals surface area contributed by atoms with Gasteiger partial charge in [0.05, 0.1) is 0 Å². The Bertz CT molecular complexity index is 86.3. The van der Waals surface area contributed by atoms with Crippen LogP contribution in [-0.2, 0) is 4.79 Å². The first-order chi connectivity index (χ1) is 4.00. The molecule has 0 aromatic rings. The van der Waals surface area contributed by atoms with Crippen molar-refractivity contribution >= 4 is 5.91 Å². The van der Waals surface area contributed by atoms with Crippen molar-refractivity contribution in [3.05, 3.63) is 12.7 Å². The predicted molar refractivity (Wildman–Crippen MR) is 36.7 cm³/mol. The lowest BCUT2D eigenvalue weighted by atomic mass is 10.5. The summed E-state index contributed by atoms with van der Waals surface area (Å²) in [4.78, 5) is 9.47. The molecule has 0 heterocycles. The predicted octanol–water partition coefficient (Wildman–Crippen LogP) is 0.0448. The van der Waals surface area contributed by atoms with E-state index in [1.54, 1.807) is 13.8 Å². The van der Waals surface area contributed by atoms with Crippen LogP contribution in [0.5, 0.6) is 0 Å². The fraction of sp³-hybridized carbons (Fsp3) is 0.500. The van der Waals surface area contributed by atoms with Crippen LogP contribution in [0.2, 0.25) is 0 Å². The van der Waals surface area contributed by atoms with Gasteiger partial charge in [0.25, 0.3) is 0 Å². The van der Waals surface area contributed by atoms with Gasteiger partial charge in [-0.15, -0.1) is 0 Å². The van der Waals surface area contributed by atoms with Gasteiger partial charge >= 0.3 is 0 Å². The summed E-state index contributed by atoms with van der Waals surface area (Å²) in [6.07, 6.45) is 0.889. The van der Waals surface area contributed by atoms with E-state index in [0.29, 0.717) is 0 Å². The lowest BCUT2D eigenvalue weighted by Gasteiger charge is -1.80. The number of amides is 1. The van der Waals surface area contributed by atoms with Crippen molar-refractivity contribution in [1.82, 2.24) is 0 Å². The number of hydrogen-bond acceptors (Lipinski definition) is 2. The molecule has 54 valence electrons. The van der Waals surface area contributed by atoms with Crippen LogP contribution in [0, 0.1) is 0 Å². The summed E-state index contributed by atoms with van der Waals surface area (Å²) in [5.74, 6) is -0.481. The Balaban J connectivity index is 0. The zero-order valence-corrected chi connectivity index (χ0v) is 5.79. The SMILES string of the molecule is C=CC(N)=O.CC(C)O. The number of hydrogen-bond donors (Lipinski definition) is 2. The number of carbonyl (C=O) groups is 1. The van der Waals surface area contributed by atoms with Gasteiger partial charge in [-0.1, -0.05) is 6.58 Å². The lowest BCUT2D eigenvalue weighted by molar-refractivity contribution is -0.113. The lowest BCUT2D eigenvalue weighted by Crippen LogP contribution is -2.04. The molecule has 0 fully saturated rings. The molecule has 0 rings (SSSR count). The molecule has 9 heavy (non-hydrogen) atoms. The van der Waals surface area contributed by atoms with Gasteiger partial charge in [-0.2, -0.15) is 0 Å². The molecule has 0 unspecified atom stereocenters. The first-order valence-electron chi connectivity index (χ1n) is 2.60. The molecule has 0 aromatic heterocycles. The number of nitrogens with two attached hydrogens (primary N) is 1. The van der Waals surface area contributed by atoms with Crippen molar-refractivity contribution in [1.29, 1.82) is 0 Å². The van der Waals surface area contributed by atoms with E-state index >= 15 is 0 Å². The summed E-state index contributed by atoms with van der Waals surface area (Å²) in [7, 11) is 0. The summed E-state index contributed by atoms with van der Waals surface area (Å²) in [5.41, 5.74) is 4.53. The Morgan fingerprint density at radius 1 is 1.78 bits per heavy atom. The van der Waals surface area contributed by atoms with Crippen LogP contribution in [0.1, 0.15) is 13.8 Å². The van der Waals surface area contributed by atoms with Gasteiger partial charge < -0.3 is 10.8 Å². The number of rotatable bonds is 1. The van der Waals surface area contributed by atoms with Crippen molar-refractivity contribution in [2.45, 2.75) is 20.0 Å². The van der Waals surface area contributed by atoms with E-state index in [-0.39, 0.29) is 6.10 Å². The zero-order valence-electron chi connectivity index (χ0n) is 5.79. The molecule has 0 aliphatic rings. The van der Waals surface area contributed by atoms with Gasteiger partial charge in [0, 0.05) is 6.10 Å². The summed E-state index contributed by atoms with van der Waals surface area (Å²) in [6.45, 7) is 6.53. The molecule has 3 N–H and O–H groups in total. The fourth-order valence-corrected chi connectivity index (χ4v) is 0. The maximum absolute atomic E-state index is 9.47. The van der Waals surface area contributed by atoms with E-state index in [1.807, 2.05) is 0 Å². The highest BCUT2D eigenvalue weighted by Crippen LogP contribution is 1.65. The number of aliphatic hydroxyl groups excluding tert-OH is 1. The molecule has 1 amide bonds. The summed E-state index contributed by atoms with van der Waals surface area (Å²) in [6, 6.07) is 0. The Labute approximate surface area is 55.2 Å². The van der Waals surface area contributed by atoms with Gasteiger partial charge in [0.2, 0.25) is 5.91 Å². The monoisotopic (exact) mass is 131 g/mol. The molecule has 0 saturated carbocycles. The van der Waals surface area contributed by atoms with Crippen molar-refractivity contribution in [3.63, 3.8) is 0 Å². The third-order valence-corrected chi connectivity index (χ3v) is 0.201. The van der Waals surface area contributed by atoms with E-state index in [2.05, 4.69) is 12.3 Å². The second kappa shape index (κ2) is 7.17. The van der Waals surface area contributed by atoms with Gasteiger partial charge in [-0.05, 0) is 19.9 Å². The third kappa shape index (κ3) is 140. The standard InChI is InChI=1S/C3H5NO.C3H8O/c1-2-3(4)5;1-3(2)4/h2H,1H2,(H2,4,5);3-4H,1-2H3. The number of primary amides is 1. The largest absolute Gasteiger partial charge is 0.394 e. The van der Waals surface area contributed by atoms with Crippen LogP contribution in [0.3, 0.4) is 0 Å². The summed E-state index contributed by atoms with van der Waals surface area (Å²) in [5, 5.41) is 8.06. The quantitative estimate of drug-likeness (QED) is 0.494. The van der Waals surface area contributed by atoms with Crippen LogP contribution in [-0.4, -0.2) is 17.1 Å². The molecular weight excluding hydrogens is 118 g/mol. The number of aliphatic hydroxyl groups is 1. The number of carbonyl (C=O) groups excluding carboxylic acids is 1. The van der Waals surface area contributed by atoms with Crippen molar-refractivity contribution < 1.29 is 9.90 Å². The van der Waals surface area contributed by atoms with E-state index in [1.165, 1.54) is 0 Å². The van der Waals surface area contributed by atoms with Crippen molar-refractivity contribution in [2.75, 3.05) is 0 Å². The molecule has 0 aliphatic heterocycles. The van der Waals surface area contributed by atoms with E-state index in [0.717, 1.165) is 6.08 Å². The molecule has 0 radical (unpaired) electrons. The third-order valence-electron chi connectivity index (χ3n) is 0.201. The van der Waals surface area contributed by atoms with Gasteiger partial charge in [-0.25, -0.2) is 0 Å². The Morgan fingerprint density at radius 3 is 1.89 bits per heavy atom. The average molecular weight is 131 g/mol. The summed E-state index contributed by atoms with van der Waals surface area (Å²) >= 11 is 0. The maximum atomic E-state index is 9.47. The highest BCUT2D eigenvalue weighted by Gasteiger charge is 1.69. The maximum Gasteiger partial charge on any atom is 0.240 e. The minimum Gasteiger partial charge on any atom is -0.394 e. The first-order valence-corrected chi connectivity index (χ1v) is 2.60.